The standard InChI is InChI=1S/C13H9ClN4O2/c14-11-3-1-9(2-4-11)7-16-13-10(6-15)5-12(8-17-13)18(19)20/h1-5,8H,7H2,(H,16,17). The Balaban J connectivity index is 2.15. The van der Waals surface area contributed by atoms with Crippen LogP contribution in [0.15, 0.2) is 36.5 Å². The second-order valence-electron chi connectivity index (χ2n) is 3.94. The van der Waals surface area contributed by atoms with Gasteiger partial charge in [-0.3, -0.25) is 10.1 Å². The van der Waals surface area contributed by atoms with E-state index in [0.717, 1.165) is 11.8 Å². The summed E-state index contributed by atoms with van der Waals surface area (Å²) in [7, 11) is 0. The molecular weight excluding hydrogens is 280 g/mol. The zero-order valence-electron chi connectivity index (χ0n) is 10.2. The predicted molar refractivity (Wildman–Crippen MR) is 74.4 cm³/mol. The first-order chi connectivity index (χ1) is 9.60. The second-order valence-corrected chi connectivity index (χ2v) is 4.38. The van der Waals surface area contributed by atoms with E-state index in [1.807, 2.05) is 18.2 Å². The van der Waals surface area contributed by atoms with Crippen LogP contribution in [0, 0.1) is 21.4 Å². The van der Waals surface area contributed by atoms with Gasteiger partial charge in [-0.05, 0) is 17.7 Å². The van der Waals surface area contributed by atoms with Gasteiger partial charge in [0, 0.05) is 17.6 Å². The lowest BCUT2D eigenvalue weighted by Gasteiger charge is -2.07. The van der Waals surface area contributed by atoms with Gasteiger partial charge in [0.2, 0.25) is 0 Å². The van der Waals surface area contributed by atoms with E-state index in [-0.39, 0.29) is 11.3 Å². The van der Waals surface area contributed by atoms with Crippen molar-refractivity contribution < 1.29 is 4.92 Å². The number of nitriles is 1. The smallest absolute Gasteiger partial charge is 0.289 e. The Kier molecular flexibility index (Phi) is 4.13. The van der Waals surface area contributed by atoms with Gasteiger partial charge in [-0.1, -0.05) is 23.7 Å². The van der Waals surface area contributed by atoms with Crippen LogP contribution >= 0.6 is 11.6 Å². The number of nitrogens with zero attached hydrogens (tertiary/aromatic N) is 3. The first-order valence-electron chi connectivity index (χ1n) is 5.63. The van der Waals surface area contributed by atoms with Crippen molar-refractivity contribution in [3.63, 3.8) is 0 Å². The number of aromatic nitrogens is 1. The third-order valence-corrected chi connectivity index (χ3v) is 2.83. The molecule has 6 nitrogen and oxygen atoms in total. The lowest BCUT2D eigenvalue weighted by Crippen LogP contribution is -2.04. The summed E-state index contributed by atoms with van der Waals surface area (Å²) in [5, 5.41) is 23.2. The Morgan fingerprint density at radius 3 is 2.70 bits per heavy atom. The summed E-state index contributed by atoms with van der Waals surface area (Å²) in [6.45, 7) is 0.441. The number of hydrogen-bond acceptors (Lipinski definition) is 5. The highest BCUT2D eigenvalue weighted by Gasteiger charge is 2.11. The zero-order chi connectivity index (χ0) is 14.5. The average molecular weight is 289 g/mol. The minimum Gasteiger partial charge on any atom is -0.365 e. The summed E-state index contributed by atoms with van der Waals surface area (Å²) in [5.74, 6) is 0.313. The Labute approximate surface area is 119 Å². The Bertz CT molecular complexity index is 680. The molecule has 2 rings (SSSR count). The summed E-state index contributed by atoms with van der Waals surface area (Å²) in [5.41, 5.74) is 0.880. The maximum Gasteiger partial charge on any atom is 0.289 e. The highest BCUT2D eigenvalue weighted by Crippen LogP contribution is 2.19. The fraction of sp³-hybridized carbons (Fsp3) is 0.0769. The molecule has 0 saturated carbocycles. The van der Waals surface area contributed by atoms with Gasteiger partial charge < -0.3 is 5.32 Å². The minimum absolute atomic E-state index is 0.133. The van der Waals surface area contributed by atoms with E-state index >= 15 is 0 Å². The maximum absolute atomic E-state index is 10.6. The van der Waals surface area contributed by atoms with Gasteiger partial charge in [0.05, 0.1) is 4.92 Å². The van der Waals surface area contributed by atoms with Crippen LogP contribution in [0.4, 0.5) is 11.5 Å². The first-order valence-corrected chi connectivity index (χ1v) is 6.01. The number of halogens is 1. The van der Waals surface area contributed by atoms with E-state index in [4.69, 9.17) is 16.9 Å². The van der Waals surface area contributed by atoms with Gasteiger partial charge in [0.1, 0.15) is 23.6 Å². The fourth-order valence-electron chi connectivity index (χ4n) is 1.57. The lowest BCUT2D eigenvalue weighted by molar-refractivity contribution is -0.385. The van der Waals surface area contributed by atoms with Crippen LogP contribution in [0.2, 0.25) is 5.02 Å². The third kappa shape index (κ3) is 3.22. The summed E-state index contributed by atoms with van der Waals surface area (Å²) in [6.07, 6.45) is 1.12. The highest BCUT2D eigenvalue weighted by molar-refractivity contribution is 6.30. The molecule has 2 aromatic rings. The molecule has 0 atom stereocenters. The quantitative estimate of drug-likeness (QED) is 0.689. The van der Waals surface area contributed by atoms with Gasteiger partial charge in [-0.2, -0.15) is 5.26 Å². The lowest BCUT2D eigenvalue weighted by atomic mass is 10.2. The fourth-order valence-corrected chi connectivity index (χ4v) is 1.69. The van der Waals surface area contributed by atoms with Crippen LogP contribution < -0.4 is 5.32 Å². The van der Waals surface area contributed by atoms with Crippen molar-refractivity contribution in [3.8, 4) is 6.07 Å². The van der Waals surface area contributed by atoms with Crippen LogP contribution in [0.1, 0.15) is 11.1 Å². The number of nitro groups is 1. The van der Waals surface area contributed by atoms with Crippen LogP contribution in [0.5, 0.6) is 0 Å². The van der Waals surface area contributed by atoms with Gasteiger partial charge >= 0.3 is 0 Å². The molecule has 0 bridgehead atoms. The number of rotatable bonds is 4. The van der Waals surface area contributed by atoms with Crippen LogP contribution in [0.25, 0.3) is 0 Å². The molecule has 0 aliphatic carbocycles. The van der Waals surface area contributed by atoms with E-state index in [1.54, 1.807) is 12.1 Å². The van der Waals surface area contributed by atoms with E-state index in [2.05, 4.69) is 10.3 Å². The second kappa shape index (κ2) is 5.99. The minimum atomic E-state index is -0.586. The van der Waals surface area contributed by atoms with E-state index < -0.39 is 4.92 Å². The molecular formula is C13H9ClN4O2. The van der Waals surface area contributed by atoms with Crippen LogP contribution in [-0.4, -0.2) is 9.91 Å². The van der Waals surface area contributed by atoms with Gasteiger partial charge in [-0.25, -0.2) is 4.98 Å². The summed E-state index contributed by atoms with van der Waals surface area (Å²) < 4.78 is 0. The average Bonchev–Trinajstić information content (AvgIpc) is 2.46. The monoisotopic (exact) mass is 288 g/mol. The Morgan fingerprint density at radius 1 is 1.40 bits per heavy atom. The topological polar surface area (TPSA) is 91.8 Å². The molecule has 0 unspecified atom stereocenters. The van der Waals surface area contributed by atoms with E-state index in [1.165, 1.54) is 6.07 Å². The number of nitrogens with one attached hydrogen (secondary N) is 1. The Hall–Kier alpha value is -2.65. The van der Waals surface area contributed by atoms with Crippen molar-refractivity contribution in [1.82, 2.24) is 4.98 Å². The number of pyridine rings is 1. The van der Waals surface area contributed by atoms with Crippen molar-refractivity contribution in [2.45, 2.75) is 6.54 Å². The number of hydrogen-bond donors (Lipinski definition) is 1. The molecule has 0 aliphatic rings. The SMILES string of the molecule is N#Cc1cc([N+](=O)[O-])cnc1NCc1ccc(Cl)cc1. The van der Waals surface area contributed by atoms with Crippen LogP contribution in [-0.2, 0) is 6.54 Å². The van der Waals surface area contributed by atoms with Crippen molar-refractivity contribution in [2.24, 2.45) is 0 Å². The van der Waals surface area contributed by atoms with E-state index in [0.29, 0.717) is 17.4 Å². The van der Waals surface area contributed by atoms with Crippen molar-refractivity contribution >= 4 is 23.1 Å². The summed E-state index contributed by atoms with van der Waals surface area (Å²) in [4.78, 5) is 13.9. The molecule has 1 N–H and O–H groups in total. The molecule has 0 radical (unpaired) electrons. The third-order valence-electron chi connectivity index (χ3n) is 2.58. The van der Waals surface area contributed by atoms with Gasteiger partial charge in [0.15, 0.2) is 0 Å². The molecule has 20 heavy (non-hydrogen) atoms. The molecule has 1 aromatic carbocycles. The first kappa shape index (κ1) is 13.8. The van der Waals surface area contributed by atoms with E-state index in [9.17, 15) is 10.1 Å². The predicted octanol–water partition coefficient (Wildman–Crippen LogP) is 3.13. The molecule has 0 fully saturated rings. The van der Waals surface area contributed by atoms with Crippen molar-refractivity contribution in [2.75, 3.05) is 5.32 Å². The summed E-state index contributed by atoms with van der Waals surface area (Å²) in [6, 6.07) is 10.3. The maximum atomic E-state index is 10.6. The zero-order valence-corrected chi connectivity index (χ0v) is 11.0. The molecule has 7 heteroatoms. The largest absolute Gasteiger partial charge is 0.365 e. The molecule has 100 valence electrons. The molecule has 1 heterocycles. The molecule has 0 aliphatic heterocycles. The van der Waals surface area contributed by atoms with Gasteiger partial charge in [0.25, 0.3) is 5.69 Å². The molecule has 0 saturated heterocycles. The van der Waals surface area contributed by atoms with Gasteiger partial charge in [-0.15, -0.1) is 0 Å². The highest BCUT2D eigenvalue weighted by atomic mass is 35.5. The molecule has 0 amide bonds. The number of anilines is 1. The van der Waals surface area contributed by atoms with Crippen LogP contribution in [0.3, 0.4) is 0 Å². The number of benzene rings is 1. The molecule has 0 spiro atoms. The summed E-state index contributed by atoms with van der Waals surface area (Å²) >= 11 is 5.78. The Morgan fingerprint density at radius 2 is 2.10 bits per heavy atom. The normalized spacial score (nSPS) is 9.80. The molecule has 1 aromatic heterocycles. The van der Waals surface area contributed by atoms with Crippen molar-refractivity contribution in [3.05, 3.63) is 62.8 Å². The van der Waals surface area contributed by atoms with Crippen molar-refractivity contribution in [1.29, 1.82) is 5.26 Å².